The first-order valence-electron chi connectivity index (χ1n) is 8.86. The van der Waals surface area contributed by atoms with Gasteiger partial charge < -0.3 is 4.52 Å². The number of halogens is 4. The first kappa shape index (κ1) is 21.8. The Bertz CT molecular complexity index is 1370. The number of aromatic nitrogens is 4. The van der Waals surface area contributed by atoms with Gasteiger partial charge in [-0.1, -0.05) is 22.8 Å². The summed E-state index contributed by atoms with van der Waals surface area (Å²) in [6.07, 6.45) is -2.22. The number of hydrogen-bond donors (Lipinski definition) is 0. The van der Waals surface area contributed by atoms with Crippen LogP contribution in [0, 0.1) is 0 Å². The van der Waals surface area contributed by atoms with E-state index in [0.717, 1.165) is 4.31 Å². The van der Waals surface area contributed by atoms with Crippen molar-refractivity contribution in [1.29, 1.82) is 0 Å². The molecule has 0 amide bonds. The third-order valence-electron chi connectivity index (χ3n) is 4.45. The van der Waals surface area contributed by atoms with Crippen LogP contribution in [-0.2, 0) is 16.2 Å². The maximum atomic E-state index is 12.9. The van der Waals surface area contributed by atoms with E-state index in [1.54, 1.807) is 18.2 Å². The highest BCUT2D eigenvalue weighted by atomic mass is 35.5. The fourth-order valence-corrected chi connectivity index (χ4v) is 4.07. The second-order valence-corrected chi connectivity index (χ2v) is 8.95. The number of rotatable bonds is 5. The summed E-state index contributed by atoms with van der Waals surface area (Å²) < 4.78 is 70.3. The topological polar surface area (TPSA) is 94.1 Å². The molecule has 166 valence electrons. The maximum absolute atomic E-state index is 12.9. The Kier molecular flexibility index (Phi) is 5.42. The molecule has 0 aliphatic rings. The van der Waals surface area contributed by atoms with Gasteiger partial charge in [0.2, 0.25) is 5.82 Å². The molecule has 0 unspecified atom stereocenters. The van der Waals surface area contributed by atoms with Crippen molar-refractivity contribution in [1.82, 2.24) is 19.9 Å². The van der Waals surface area contributed by atoms with Gasteiger partial charge in [-0.3, -0.25) is 4.31 Å². The first-order chi connectivity index (χ1) is 15.1. The second-order valence-electron chi connectivity index (χ2n) is 6.54. The Hall–Kier alpha value is -3.38. The summed E-state index contributed by atoms with van der Waals surface area (Å²) in [4.78, 5) is 3.27. The Labute approximate surface area is 184 Å². The summed E-state index contributed by atoms with van der Waals surface area (Å²) >= 11 is 5.94. The van der Waals surface area contributed by atoms with Gasteiger partial charge in [0.1, 0.15) is 4.90 Å². The summed E-state index contributed by atoms with van der Waals surface area (Å²) in [5, 5.41) is 7.79. The third-order valence-corrected chi connectivity index (χ3v) is 6.42. The molecule has 0 atom stereocenters. The lowest BCUT2D eigenvalue weighted by atomic mass is 10.2. The van der Waals surface area contributed by atoms with Gasteiger partial charge in [0, 0.05) is 17.6 Å². The molecule has 0 fully saturated rings. The Morgan fingerprint density at radius 2 is 1.84 bits per heavy atom. The molecule has 2 aromatic heterocycles. The Morgan fingerprint density at radius 1 is 1.12 bits per heavy atom. The molecule has 0 spiro atoms. The van der Waals surface area contributed by atoms with Crippen molar-refractivity contribution in [2.75, 3.05) is 11.4 Å². The standard InChI is InChI=1S/C19H13ClF3N5O3S/c1-27(15-4-2-3-13(20)9-15)32(29,30)16-10-24-28(11-16)14-7-5-12(6-8-14)17-25-18(31-26-17)19(21,22)23/h2-11H,1H3. The first-order valence-corrected chi connectivity index (χ1v) is 10.7. The summed E-state index contributed by atoms with van der Waals surface area (Å²) in [5.41, 5.74) is 1.14. The van der Waals surface area contributed by atoms with E-state index in [1.807, 2.05) is 0 Å². The Morgan fingerprint density at radius 3 is 2.47 bits per heavy atom. The highest BCUT2D eigenvalue weighted by molar-refractivity contribution is 7.92. The minimum Gasteiger partial charge on any atom is -0.329 e. The average molecular weight is 484 g/mol. The minimum absolute atomic E-state index is 0.0583. The van der Waals surface area contributed by atoms with Crippen LogP contribution in [0.25, 0.3) is 17.1 Å². The van der Waals surface area contributed by atoms with Gasteiger partial charge in [0.05, 0.1) is 23.8 Å². The molecular formula is C19H13ClF3N5O3S. The van der Waals surface area contributed by atoms with Gasteiger partial charge in [-0.25, -0.2) is 13.1 Å². The minimum atomic E-state index is -4.74. The molecule has 0 aliphatic heterocycles. The zero-order chi connectivity index (χ0) is 23.1. The molecule has 4 aromatic rings. The molecule has 0 saturated carbocycles. The van der Waals surface area contributed by atoms with Crippen molar-refractivity contribution in [2.45, 2.75) is 11.1 Å². The monoisotopic (exact) mass is 483 g/mol. The van der Waals surface area contributed by atoms with Gasteiger partial charge in [0.15, 0.2) is 0 Å². The van der Waals surface area contributed by atoms with E-state index in [4.69, 9.17) is 11.6 Å². The van der Waals surface area contributed by atoms with E-state index in [-0.39, 0.29) is 16.3 Å². The fraction of sp³-hybridized carbons (Fsp3) is 0.105. The van der Waals surface area contributed by atoms with E-state index in [1.165, 1.54) is 54.5 Å². The van der Waals surface area contributed by atoms with Crippen molar-refractivity contribution in [2.24, 2.45) is 0 Å². The van der Waals surface area contributed by atoms with Crippen LogP contribution in [0.3, 0.4) is 0 Å². The zero-order valence-electron chi connectivity index (χ0n) is 16.2. The number of alkyl halides is 3. The van der Waals surface area contributed by atoms with Crippen molar-refractivity contribution in [3.63, 3.8) is 0 Å². The van der Waals surface area contributed by atoms with Gasteiger partial charge in [-0.2, -0.15) is 23.3 Å². The molecule has 32 heavy (non-hydrogen) atoms. The maximum Gasteiger partial charge on any atom is 0.471 e. The Balaban J connectivity index is 1.57. The van der Waals surface area contributed by atoms with Crippen LogP contribution in [0.4, 0.5) is 18.9 Å². The van der Waals surface area contributed by atoms with E-state index in [9.17, 15) is 21.6 Å². The van der Waals surface area contributed by atoms with Crippen LogP contribution in [-0.4, -0.2) is 35.4 Å². The molecule has 8 nitrogen and oxygen atoms in total. The van der Waals surface area contributed by atoms with Crippen molar-refractivity contribution in [3.8, 4) is 17.1 Å². The number of sulfonamides is 1. The molecule has 2 aromatic carbocycles. The van der Waals surface area contributed by atoms with Crippen molar-refractivity contribution >= 4 is 27.3 Å². The smallest absolute Gasteiger partial charge is 0.329 e. The molecule has 4 rings (SSSR count). The van der Waals surface area contributed by atoms with Crippen LogP contribution in [0.2, 0.25) is 5.02 Å². The zero-order valence-corrected chi connectivity index (χ0v) is 17.7. The van der Waals surface area contributed by atoms with Crippen molar-refractivity contribution in [3.05, 3.63) is 71.8 Å². The molecule has 0 aliphatic carbocycles. The SMILES string of the molecule is CN(c1cccc(Cl)c1)S(=O)(=O)c1cnn(-c2ccc(-c3noc(C(F)(F)F)n3)cc2)c1. The summed E-state index contributed by atoms with van der Waals surface area (Å²) in [6, 6.07) is 12.4. The van der Waals surface area contributed by atoms with Gasteiger partial charge in [-0.05, 0) is 42.5 Å². The number of hydrogen-bond acceptors (Lipinski definition) is 6. The van der Waals surface area contributed by atoms with Crippen LogP contribution >= 0.6 is 11.6 Å². The van der Waals surface area contributed by atoms with Crippen LogP contribution in [0.5, 0.6) is 0 Å². The average Bonchev–Trinajstić information content (AvgIpc) is 3.43. The highest BCUT2D eigenvalue weighted by Gasteiger charge is 2.38. The van der Waals surface area contributed by atoms with E-state index in [0.29, 0.717) is 16.4 Å². The van der Waals surface area contributed by atoms with Gasteiger partial charge in [0.25, 0.3) is 10.0 Å². The van der Waals surface area contributed by atoms with E-state index in [2.05, 4.69) is 19.8 Å². The molecule has 0 N–H and O–H groups in total. The molecule has 0 saturated heterocycles. The van der Waals surface area contributed by atoms with Crippen molar-refractivity contribution < 1.29 is 26.1 Å². The summed E-state index contributed by atoms with van der Waals surface area (Å²) in [5.74, 6) is -1.67. The molecule has 0 bridgehead atoms. The van der Waals surface area contributed by atoms with Crippen LogP contribution < -0.4 is 4.31 Å². The lowest BCUT2D eigenvalue weighted by Crippen LogP contribution is -2.26. The number of benzene rings is 2. The normalized spacial score (nSPS) is 12.2. The lowest BCUT2D eigenvalue weighted by molar-refractivity contribution is -0.159. The predicted molar refractivity (Wildman–Crippen MR) is 109 cm³/mol. The van der Waals surface area contributed by atoms with Gasteiger partial charge >= 0.3 is 12.1 Å². The molecule has 0 radical (unpaired) electrons. The lowest BCUT2D eigenvalue weighted by Gasteiger charge is -2.18. The van der Waals surface area contributed by atoms with Gasteiger partial charge in [-0.15, -0.1) is 0 Å². The highest BCUT2D eigenvalue weighted by Crippen LogP contribution is 2.30. The van der Waals surface area contributed by atoms with Crippen LogP contribution in [0.1, 0.15) is 5.89 Å². The van der Waals surface area contributed by atoms with E-state index < -0.39 is 22.1 Å². The van der Waals surface area contributed by atoms with Crippen LogP contribution in [0.15, 0.2) is 70.3 Å². The van der Waals surface area contributed by atoms with E-state index >= 15 is 0 Å². The third kappa shape index (κ3) is 4.18. The second kappa shape index (κ2) is 7.95. The molecule has 2 heterocycles. The molecule has 13 heteroatoms. The number of anilines is 1. The predicted octanol–water partition coefficient (Wildman–Crippen LogP) is 4.42. The summed E-state index contributed by atoms with van der Waals surface area (Å²) in [6.45, 7) is 0. The largest absolute Gasteiger partial charge is 0.471 e. The number of nitrogens with zero attached hydrogens (tertiary/aromatic N) is 5. The molecular weight excluding hydrogens is 471 g/mol. The summed E-state index contributed by atoms with van der Waals surface area (Å²) in [7, 11) is -2.51. The quantitative estimate of drug-likeness (QED) is 0.417. The fourth-order valence-electron chi connectivity index (χ4n) is 2.77.